The zero-order chi connectivity index (χ0) is 20.4. The molecule has 2 nitrogen and oxygen atoms in total. The van der Waals surface area contributed by atoms with Gasteiger partial charge >= 0.3 is 0 Å². The Morgan fingerprint density at radius 2 is 1.83 bits per heavy atom. The van der Waals surface area contributed by atoms with E-state index in [1.54, 1.807) is 0 Å². The Morgan fingerprint density at radius 3 is 2.62 bits per heavy atom. The summed E-state index contributed by atoms with van der Waals surface area (Å²) in [5.74, 6) is 1.98. The molecule has 0 aliphatic heterocycles. The molecule has 1 aromatic rings. The number of Topliss-reactive ketones (excluding diaryl/α,β-unsaturated/α-hetero) is 1. The highest BCUT2D eigenvalue weighted by atomic mass is 35.5. The van der Waals surface area contributed by atoms with E-state index in [1.807, 2.05) is 30.3 Å². The molecule has 4 aliphatic rings. The molecule has 29 heavy (non-hydrogen) atoms. The van der Waals surface area contributed by atoms with Crippen LogP contribution >= 0.6 is 11.6 Å². The van der Waals surface area contributed by atoms with E-state index in [2.05, 4.69) is 19.9 Å². The number of rotatable bonds is 1. The fraction of sp³-hybridized carbons (Fsp3) is 0.577. The highest BCUT2D eigenvalue weighted by molar-refractivity contribution is 6.32. The summed E-state index contributed by atoms with van der Waals surface area (Å²) in [5, 5.41) is 10.9. The molecule has 0 spiro atoms. The molecule has 6 unspecified atom stereocenters. The molecule has 0 aromatic heterocycles. The van der Waals surface area contributed by atoms with Gasteiger partial charge in [0.25, 0.3) is 0 Å². The van der Waals surface area contributed by atoms with Crippen molar-refractivity contribution in [1.82, 2.24) is 0 Å². The van der Waals surface area contributed by atoms with Crippen molar-refractivity contribution in [3.63, 3.8) is 0 Å². The fourth-order valence-electron chi connectivity index (χ4n) is 7.22. The summed E-state index contributed by atoms with van der Waals surface area (Å²) < 4.78 is 0. The number of halogens is 1. The van der Waals surface area contributed by atoms with Gasteiger partial charge in [-0.1, -0.05) is 55.3 Å². The van der Waals surface area contributed by atoms with Gasteiger partial charge in [-0.3, -0.25) is 4.79 Å². The third-order valence-electron chi connectivity index (χ3n) is 8.95. The van der Waals surface area contributed by atoms with Gasteiger partial charge in [0.2, 0.25) is 0 Å². The summed E-state index contributed by atoms with van der Waals surface area (Å²) in [4.78, 5) is 13.5. The second-order valence-corrected chi connectivity index (χ2v) is 10.7. The number of benzene rings is 1. The standard InChI is InChI=1S/C26H31ClO2/c1-25-11-9-19(28)15-18(25)7-8-20-21(25)10-12-26(2)22(20)14-17(24(26)29)13-16-5-3-4-6-23(16)27/h3-7,13,19-22,28H,8-12,14-15H2,1-2H3/b17-13+. The molecule has 0 amide bonds. The average Bonchev–Trinajstić information content (AvgIpc) is 2.95. The molecule has 3 fully saturated rings. The predicted molar refractivity (Wildman–Crippen MR) is 118 cm³/mol. The molecule has 0 heterocycles. The lowest BCUT2D eigenvalue weighted by molar-refractivity contribution is -0.130. The van der Waals surface area contributed by atoms with Gasteiger partial charge in [0, 0.05) is 10.4 Å². The van der Waals surface area contributed by atoms with Crippen LogP contribution in [0.25, 0.3) is 6.08 Å². The Hall–Kier alpha value is -1.38. The zero-order valence-corrected chi connectivity index (χ0v) is 18.2. The molecule has 4 aliphatic carbocycles. The van der Waals surface area contributed by atoms with Crippen LogP contribution in [0.1, 0.15) is 64.4 Å². The molecule has 154 valence electrons. The lowest BCUT2D eigenvalue weighted by atomic mass is 9.48. The van der Waals surface area contributed by atoms with E-state index in [1.165, 1.54) is 5.57 Å². The molecule has 1 aromatic carbocycles. The van der Waals surface area contributed by atoms with Crippen molar-refractivity contribution in [3.05, 3.63) is 52.1 Å². The van der Waals surface area contributed by atoms with Crippen LogP contribution in [-0.4, -0.2) is 17.0 Å². The van der Waals surface area contributed by atoms with Crippen molar-refractivity contribution in [1.29, 1.82) is 0 Å². The number of hydrogen-bond acceptors (Lipinski definition) is 2. The van der Waals surface area contributed by atoms with E-state index in [0.717, 1.165) is 56.1 Å². The first-order valence-corrected chi connectivity index (χ1v) is 11.6. The van der Waals surface area contributed by atoms with Crippen molar-refractivity contribution >= 4 is 23.5 Å². The minimum Gasteiger partial charge on any atom is -0.393 e. The highest BCUT2D eigenvalue weighted by Gasteiger charge is 2.59. The molecule has 5 rings (SSSR count). The molecular formula is C26H31ClO2. The van der Waals surface area contributed by atoms with Crippen LogP contribution in [0.4, 0.5) is 0 Å². The molecule has 0 saturated heterocycles. The minimum atomic E-state index is -0.232. The summed E-state index contributed by atoms with van der Waals surface area (Å²) in [7, 11) is 0. The van der Waals surface area contributed by atoms with Crippen LogP contribution in [0.5, 0.6) is 0 Å². The van der Waals surface area contributed by atoms with Gasteiger partial charge in [0.05, 0.1) is 6.10 Å². The summed E-state index contributed by atoms with van der Waals surface area (Å²) in [6.45, 7) is 4.65. The average molecular weight is 411 g/mol. The van der Waals surface area contributed by atoms with Crippen LogP contribution in [0.2, 0.25) is 5.02 Å². The predicted octanol–water partition coefficient (Wildman–Crippen LogP) is 6.23. The van der Waals surface area contributed by atoms with Crippen molar-refractivity contribution in [2.24, 2.45) is 28.6 Å². The quantitative estimate of drug-likeness (QED) is 0.440. The maximum atomic E-state index is 13.5. The minimum absolute atomic E-state index is 0.169. The van der Waals surface area contributed by atoms with Crippen LogP contribution < -0.4 is 0 Å². The van der Waals surface area contributed by atoms with Gasteiger partial charge < -0.3 is 5.11 Å². The van der Waals surface area contributed by atoms with Gasteiger partial charge in [0.15, 0.2) is 5.78 Å². The molecule has 0 radical (unpaired) electrons. The van der Waals surface area contributed by atoms with E-state index >= 15 is 0 Å². The van der Waals surface area contributed by atoms with Crippen LogP contribution in [0.3, 0.4) is 0 Å². The monoisotopic (exact) mass is 410 g/mol. The topological polar surface area (TPSA) is 37.3 Å². The normalized spacial score (nSPS) is 42.8. The Bertz CT molecular complexity index is 915. The summed E-state index contributed by atoms with van der Waals surface area (Å²) in [6.07, 6.45) is 11.2. The second kappa shape index (κ2) is 6.82. The van der Waals surface area contributed by atoms with Gasteiger partial charge in [-0.2, -0.15) is 0 Å². The van der Waals surface area contributed by atoms with Gasteiger partial charge in [-0.15, -0.1) is 0 Å². The van der Waals surface area contributed by atoms with E-state index in [4.69, 9.17) is 11.6 Å². The first-order valence-electron chi connectivity index (χ1n) is 11.2. The second-order valence-electron chi connectivity index (χ2n) is 10.3. The number of allylic oxidation sites excluding steroid dienone is 2. The number of carbonyl (C=O) groups excluding carboxylic acids is 1. The van der Waals surface area contributed by atoms with E-state index in [-0.39, 0.29) is 16.9 Å². The third-order valence-corrected chi connectivity index (χ3v) is 9.30. The van der Waals surface area contributed by atoms with E-state index in [9.17, 15) is 9.90 Å². The molecule has 6 atom stereocenters. The number of aliphatic hydroxyl groups is 1. The van der Waals surface area contributed by atoms with Crippen LogP contribution in [0.15, 0.2) is 41.5 Å². The smallest absolute Gasteiger partial charge is 0.165 e. The molecule has 1 N–H and O–H groups in total. The zero-order valence-electron chi connectivity index (χ0n) is 17.5. The Labute approximate surface area is 179 Å². The Balaban J connectivity index is 1.49. The Morgan fingerprint density at radius 1 is 1.07 bits per heavy atom. The number of ketones is 1. The van der Waals surface area contributed by atoms with Crippen LogP contribution in [-0.2, 0) is 4.79 Å². The summed E-state index contributed by atoms with van der Waals surface area (Å²) in [5.41, 5.74) is 3.38. The number of fused-ring (bicyclic) bond motifs is 5. The van der Waals surface area contributed by atoms with Crippen molar-refractivity contribution in [3.8, 4) is 0 Å². The maximum absolute atomic E-state index is 13.5. The molecular weight excluding hydrogens is 380 g/mol. The number of hydrogen-bond donors (Lipinski definition) is 1. The molecule has 0 bridgehead atoms. The van der Waals surface area contributed by atoms with Gasteiger partial charge in [0.1, 0.15) is 0 Å². The first kappa shape index (κ1) is 19.6. The first-order chi connectivity index (χ1) is 13.8. The van der Waals surface area contributed by atoms with Crippen molar-refractivity contribution in [2.75, 3.05) is 0 Å². The highest BCUT2D eigenvalue weighted by Crippen LogP contribution is 2.64. The lowest BCUT2D eigenvalue weighted by Gasteiger charge is -2.56. The molecule has 3 heteroatoms. The summed E-state index contributed by atoms with van der Waals surface area (Å²) >= 11 is 6.37. The third kappa shape index (κ3) is 2.90. The van der Waals surface area contributed by atoms with Crippen LogP contribution in [0, 0.1) is 28.6 Å². The van der Waals surface area contributed by atoms with Gasteiger partial charge in [-0.25, -0.2) is 0 Å². The SMILES string of the molecule is CC12CCC3C(CC=C4CC(O)CCC43C)C1C/C(=C\c1ccccc1Cl)C2=O. The van der Waals surface area contributed by atoms with Crippen molar-refractivity contribution in [2.45, 2.75) is 64.9 Å². The number of aliphatic hydroxyl groups excluding tert-OH is 1. The number of carbonyl (C=O) groups is 1. The Kier molecular flexibility index (Phi) is 4.60. The maximum Gasteiger partial charge on any atom is 0.165 e. The van der Waals surface area contributed by atoms with E-state index in [0.29, 0.717) is 28.6 Å². The fourth-order valence-corrected chi connectivity index (χ4v) is 7.41. The van der Waals surface area contributed by atoms with Gasteiger partial charge in [-0.05, 0) is 91.4 Å². The van der Waals surface area contributed by atoms with E-state index < -0.39 is 0 Å². The van der Waals surface area contributed by atoms with Crippen molar-refractivity contribution < 1.29 is 9.90 Å². The largest absolute Gasteiger partial charge is 0.393 e. The lowest BCUT2D eigenvalue weighted by Crippen LogP contribution is -2.50. The summed E-state index contributed by atoms with van der Waals surface area (Å²) in [6, 6.07) is 7.80. The molecule has 3 saturated carbocycles.